The van der Waals surface area contributed by atoms with Gasteiger partial charge in [0, 0.05) is 13.1 Å². The summed E-state index contributed by atoms with van der Waals surface area (Å²) in [5, 5.41) is 3.39. The third-order valence-corrected chi connectivity index (χ3v) is 4.01. The summed E-state index contributed by atoms with van der Waals surface area (Å²) in [6.45, 7) is 6.24. The maximum atomic E-state index is 6.41. The van der Waals surface area contributed by atoms with Crippen LogP contribution in [0.25, 0.3) is 0 Å². The largest absolute Gasteiger partial charge is 0.483 e. The second-order valence-electron chi connectivity index (χ2n) is 5.66. The van der Waals surface area contributed by atoms with Crippen LogP contribution in [0.5, 0.6) is 5.75 Å². The lowest BCUT2D eigenvalue weighted by Gasteiger charge is -2.32. The van der Waals surface area contributed by atoms with Crippen molar-refractivity contribution in [3.63, 3.8) is 0 Å². The highest BCUT2D eigenvalue weighted by Crippen LogP contribution is 2.29. The molecule has 0 bridgehead atoms. The fourth-order valence-electron chi connectivity index (χ4n) is 2.86. The third-order valence-electron chi connectivity index (χ3n) is 4.01. The van der Waals surface area contributed by atoms with Gasteiger partial charge in [0.25, 0.3) is 0 Å². The van der Waals surface area contributed by atoms with Crippen molar-refractivity contribution in [1.82, 2.24) is 5.32 Å². The molecule has 2 aromatic carbocycles. The van der Waals surface area contributed by atoms with Crippen LogP contribution in [0.15, 0.2) is 67.3 Å². The Labute approximate surface area is 137 Å². The van der Waals surface area contributed by atoms with E-state index >= 15 is 0 Å². The molecule has 2 atom stereocenters. The van der Waals surface area contributed by atoms with Gasteiger partial charge in [-0.3, -0.25) is 0 Å². The average molecular weight is 309 g/mol. The highest BCUT2D eigenvalue weighted by molar-refractivity contribution is 5.35. The molecule has 2 aromatic rings. The van der Waals surface area contributed by atoms with Crippen LogP contribution in [0.2, 0.25) is 0 Å². The van der Waals surface area contributed by atoms with Gasteiger partial charge < -0.3 is 14.8 Å². The zero-order valence-corrected chi connectivity index (χ0v) is 13.3. The molecular weight excluding hydrogens is 286 g/mol. The Kier molecular flexibility index (Phi) is 5.46. The van der Waals surface area contributed by atoms with Gasteiger partial charge in [-0.05, 0) is 23.6 Å². The molecule has 0 amide bonds. The van der Waals surface area contributed by atoms with Crippen LogP contribution in [-0.2, 0) is 11.2 Å². The van der Waals surface area contributed by atoms with Crippen molar-refractivity contribution >= 4 is 0 Å². The SMILES string of the molecule is C=CCc1ccccc1OC(c1ccccc1)C1CNCCO1. The Morgan fingerprint density at radius 3 is 2.70 bits per heavy atom. The zero-order chi connectivity index (χ0) is 15.9. The van der Waals surface area contributed by atoms with Crippen molar-refractivity contribution in [3.8, 4) is 5.75 Å². The minimum Gasteiger partial charge on any atom is -0.483 e. The first-order chi connectivity index (χ1) is 11.4. The van der Waals surface area contributed by atoms with E-state index < -0.39 is 0 Å². The molecule has 0 saturated carbocycles. The standard InChI is InChI=1S/C20H23NO2/c1-2-8-16-9-6-7-12-18(16)23-20(17-10-4-3-5-11-17)19-15-21-13-14-22-19/h2-7,9-12,19-21H,1,8,13-15H2. The lowest BCUT2D eigenvalue weighted by Crippen LogP contribution is -2.43. The lowest BCUT2D eigenvalue weighted by molar-refractivity contribution is -0.0434. The number of ether oxygens (including phenoxy) is 2. The van der Waals surface area contributed by atoms with E-state index in [0.717, 1.165) is 36.4 Å². The Morgan fingerprint density at radius 2 is 1.96 bits per heavy atom. The molecule has 0 spiro atoms. The molecule has 1 aliphatic heterocycles. The number of allylic oxidation sites excluding steroid dienone is 1. The third kappa shape index (κ3) is 4.01. The van der Waals surface area contributed by atoms with Crippen LogP contribution >= 0.6 is 0 Å². The normalized spacial score (nSPS) is 19.0. The fourth-order valence-corrected chi connectivity index (χ4v) is 2.86. The number of hydrogen-bond donors (Lipinski definition) is 1. The molecule has 0 aliphatic carbocycles. The second-order valence-corrected chi connectivity index (χ2v) is 5.66. The lowest BCUT2D eigenvalue weighted by atomic mass is 10.0. The van der Waals surface area contributed by atoms with Crippen LogP contribution in [0.1, 0.15) is 17.2 Å². The number of hydrogen-bond acceptors (Lipinski definition) is 3. The summed E-state index contributed by atoms with van der Waals surface area (Å²) in [6.07, 6.45) is 2.57. The summed E-state index contributed by atoms with van der Waals surface area (Å²) in [6, 6.07) is 18.4. The van der Waals surface area contributed by atoms with Crippen molar-refractivity contribution in [1.29, 1.82) is 0 Å². The summed E-state index contributed by atoms with van der Waals surface area (Å²) in [7, 11) is 0. The number of rotatable bonds is 6. The van der Waals surface area contributed by atoms with Crippen LogP contribution in [0.3, 0.4) is 0 Å². The van der Waals surface area contributed by atoms with Gasteiger partial charge in [-0.25, -0.2) is 0 Å². The molecular formula is C20H23NO2. The van der Waals surface area contributed by atoms with Crippen molar-refractivity contribution in [3.05, 3.63) is 78.4 Å². The first kappa shape index (κ1) is 15.8. The predicted molar refractivity (Wildman–Crippen MR) is 92.8 cm³/mol. The predicted octanol–water partition coefficient (Wildman–Crippen LogP) is 3.52. The van der Waals surface area contributed by atoms with E-state index in [9.17, 15) is 0 Å². The molecule has 1 N–H and O–H groups in total. The maximum Gasteiger partial charge on any atom is 0.151 e. The minimum atomic E-state index is -0.130. The number of para-hydroxylation sites is 1. The van der Waals surface area contributed by atoms with Gasteiger partial charge in [-0.2, -0.15) is 0 Å². The van der Waals surface area contributed by atoms with Gasteiger partial charge >= 0.3 is 0 Å². The fraction of sp³-hybridized carbons (Fsp3) is 0.300. The molecule has 120 valence electrons. The Hall–Kier alpha value is -2.10. The van der Waals surface area contributed by atoms with Gasteiger partial charge in [0.2, 0.25) is 0 Å². The van der Waals surface area contributed by atoms with Gasteiger partial charge in [-0.1, -0.05) is 54.6 Å². The molecule has 1 heterocycles. The summed E-state index contributed by atoms with van der Waals surface area (Å²) >= 11 is 0. The van der Waals surface area contributed by atoms with Crippen LogP contribution in [0, 0.1) is 0 Å². The second kappa shape index (κ2) is 7.95. The van der Waals surface area contributed by atoms with E-state index in [-0.39, 0.29) is 12.2 Å². The van der Waals surface area contributed by atoms with Gasteiger partial charge in [0.1, 0.15) is 11.9 Å². The Morgan fingerprint density at radius 1 is 1.17 bits per heavy atom. The molecule has 0 radical (unpaired) electrons. The van der Waals surface area contributed by atoms with Crippen LogP contribution in [0.4, 0.5) is 0 Å². The van der Waals surface area contributed by atoms with Crippen molar-refractivity contribution in [2.75, 3.05) is 19.7 Å². The van der Waals surface area contributed by atoms with Crippen molar-refractivity contribution < 1.29 is 9.47 Å². The van der Waals surface area contributed by atoms with Crippen molar-refractivity contribution in [2.24, 2.45) is 0 Å². The molecule has 1 fully saturated rings. The van der Waals surface area contributed by atoms with Crippen molar-refractivity contribution in [2.45, 2.75) is 18.6 Å². The molecule has 1 aliphatic rings. The van der Waals surface area contributed by atoms with E-state index in [4.69, 9.17) is 9.47 Å². The van der Waals surface area contributed by atoms with Gasteiger partial charge in [0.05, 0.1) is 6.61 Å². The average Bonchev–Trinajstić information content (AvgIpc) is 2.63. The van der Waals surface area contributed by atoms with E-state index in [0.29, 0.717) is 6.61 Å². The summed E-state index contributed by atoms with van der Waals surface area (Å²) < 4.78 is 12.4. The van der Waals surface area contributed by atoms with E-state index in [1.54, 1.807) is 0 Å². The molecule has 1 saturated heterocycles. The molecule has 23 heavy (non-hydrogen) atoms. The summed E-state index contributed by atoms with van der Waals surface area (Å²) in [4.78, 5) is 0. The summed E-state index contributed by atoms with van der Waals surface area (Å²) in [5.41, 5.74) is 2.28. The van der Waals surface area contributed by atoms with Crippen LogP contribution < -0.4 is 10.1 Å². The Balaban J connectivity index is 1.88. The topological polar surface area (TPSA) is 30.5 Å². The number of morpholine rings is 1. The molecule has 0 aromatic heterocycles. The molecule has 3 nitrogen and oxygen atoms in total. The van der Waals surface area contributed by atoms with Gasteiger partial charge in [-0.15, -0.1) is 6.58 Å². The number of benzene rings is 2. The van der Waals surface area contributed by atoms with Crippen LogP contribution in [-0.4, -0.2) is 25.8 Å². The van der Waals surface area contributed by atoms with Gasteiger partial charge in [0.15, 0.2) is 6.10 Å². The first-order valence-corrected chi connectivity index (χ1v) is 8.11. The number of nitrogens with one attached hydrogen (secondary N) is 1. The van der Waals surface area contributed by atoms with E-state index in [1.165, 1.54) is 0 Å². The first-order valence-electron chi connectivity index (χ1n) is 8.11. The summed E-state index contributed by atoms with van der Waals surface area (Å²) in [5.74, 6) is 0.899. The maximum absolute atomic E-state index is 6.41. The molecule has 3 rings (SSSR count). The monoisotopic (exact) mass is 309 g/mol. The zero-order valence-electron chi connectivity index (χ0n) is 13.3. The molecule has 2 unspecified atom stereocenters. The minimum absolute atomic E-state index is 0.00272. The highest BCUT2D eigenvalue weighted by atomic mass is 16.5. The molecule has 3 heteroatoms. The van der Waals surface area contributed by atoms with E-state index in [2.05, 4.69) is 30.1 Å². The van der Waals surface area contributed by atoms with E-state index in [1.807, 2.05) is 42.5 Å². The quantitative estimate of drug-likeness (QED) is 0.828. The smallest absolute Gasteiger partial charge is 0.151 e. The highest BCUT2D eigenvalue weighted by Gasteiger charge is 2.28. The Bertz CT molecular complexity index is 621.